The van der Waals surface area contributed by atoms with Crippen molar-refractivity contribution in [3.63, 3.8) is 0 Å². The number of phenols is 1. The van der Waals surface area contributed by atoms with Gasteiger partial charge in [0.2, 0.25) is 0 Å². The number of phenolic OH excluding ortho intramolecular Hbond substituents is 1. The van der Waals surface area contributed by atoms with Crippen LogP contribution in [0.4, 0.5) is 0 Å². The Hall–Kier alpha value is -3.80. The number of aliphatic carboxylic acids is 1. The first-order valence-corrected chi connectivity index (χ1v) is 9.84. The average molecular weight is 420 g/mol. The van der Waals surface area contributed by atoms with E-state index in [1.807, 2.05) is 60.7 Å². The molecule has 0 aliphatic heterocycles. The first kappa shape index (κ1) is 21.9. The number of hydrogen-bond acceptors (Lipinski definition) is 5. The standard InChI is InChI=1S/C25H24O6/c1-30-23-13-12-17(15-22(23)26)14-20(24(27)28)25(29)31-16-21(18-8-4-2-5-9-18)19-10-6-3-7-11-19/h2-13,15,20-21,26H,14,16H2,1H3,(H,27,28). The number of rotatable bonds is 9. The van der Waals surface area contributed by atoms with Crippen molar-refractivity contribution in [2.45, 2.75) is 12.3 Å². The average Bonchev–Trinajstić information content (AvgIpc) is 2.79. The van der Waals surface area contributed by atoms with Crippen LogP contribution in [0.15, 0.2) is 78.9 Å². The lowest BCUT2D eigenvalue weighted by atomic mass is 9.92. The van der Waals surface area contributed by atoms with Gasteiger partial charge in [0.1, 0.15) is 6.61 Å². The van der Waals surface area contributed by atoms with E-state index in [1.165, 1.54) is 19.2 Å². The summed E-state index contributed by atoms with van der Waals surface area (Å²) in [4.78, 5) is 24.4. The largest absolute Gasteiger partial charge is 0.504 e. The Morgan fingerprint density at radius 1 is 0.903 bits per heavy atom. The van der Waals surface area contributed by atoms with E-state index in [2.05, 4.69) is 0 Å². The summed E-state index contributed by atoms with van der Waals surface area (Å²) in [5, 5.41) is 19.5. The molecule has 2 N–H and O–H groups in total. The Bertz CT molecular complexity index is 977. The van der Waals surface area contributed by atoms with Crippen molar-refractivity contribution in [3.8, 4) is 11.5 Å². The highest BCUT2D eigenvalue weighted by atomic mass is 16.5. The molecule has 3 aromatic carbocycles. The minimum atomic E-state index is -1.39. The van der Waals surface area contributed by atoms with E-state index in [9.17, 15) is 19.8 Å². The van der Waals surface area contributed by atoms with Crippen LogP contribution in [0.25, 0.3) is 0 Å². The van der Waals surface area contributed by atoms with Crippen molar-refractivity contribution < 1.29 is 29.3 Å². The van der Waals surface area contributed by atoms with Gasteiger partial charge in [-0.3, -0.25) is 9.59 Å². The second kappa shape index (κ2) is 10.3. The summed E-state index contributed by atoms with van der Waals surface area (Å²) in [6.07, 6.45) is -0.104. The quantitative estimate of drug-likeness (QED) is 0.401. The van der Waals surface area contributed by atoms with Gasteiger partial charge in [-0.15, -0.1) is 0 Å². The van der Waals surface area contributed by atoms with E-state index >= 15 is 0 Å². The molecule has 3 rings (SSSR count). The number of benzene rings is 3. The third-order valence-corrected chi connectivity index (χ3v) is 5.06. The molecule has 0 fully saturated rings. The van der Waals surface area contributed by atoms with Crippen molar-refractivity contribution in [1.29, 1.82) is 0 Å². The molecule has 0 aliphatic rings. The second-order valence-electron chi connectivity index (χ2n) is 7.11. The molecule has 0 spiro atoms. The number of carbonyl (C=O) groups is 2. The number of methoxy groups -OCH3 is 1. The number of carboxylic acid groups (broad SMARTS) is 1. The first-order valence-electron chi connectivity index (χ1n) is 9.84. The number of carboxylic acids is 1. The van der Waals surface area contributed by atoms with Crippen molar-refractivity contribution in [3.05, 3.63) is 95.6 Å². The van der Waals surface area contributed by atoms with E-state index in [0.717, 1.165) is 11.1 Å². The van der Waals surface area contributed by atoms with Crippen LogP contribution in [-0.2, 0) is 20.7 Å². The molecule has 160 valence electrons. The third-order valence-electron chi connectivity index (χ3n) is 5.06. The molecular weight excluding hydrogens is 396 g/mol. The van der Waals surface area contributed by atoms with Gasteiger partial charge in [0.15, 0.2) is 17.4 Å². The monoisotopic (exact) mass is 420 g/mol. The van der Waals surface area contributed by atoms with Crippen molar-refractivity contribution in [1.82, 2.24) is 0 Å². The summed E-state index contributed by atoms with van der Waals surface area (Å²) >= 11 is 0. The molecule has 1 atom stereocenters. The van der Waals surface area contributed by atoms with Crippen LogP contribution in [0.5, 0.6) is 11.5 Å². The zero-order valence-electron chi connectivity index (χ0n) is 17.1. The van der Waals surface area contributed by atoms with E-state index < -0.39 is 17.9 Å². The van der Waals surface area contributed by atoms with Crippen LogP contribution >= 0.6 is 0 Å². The van der Waals surface area contributed by atoms with E-state index in [1.54, 1.807) is 6.07 Å². The third kappa shape index (κ3) is 5.63. The Kier molecular flexibility index (Phi) is 7.27. The highest BCUT2D eigenvalue weighted by molar-refractivity contribution is 5.94. The van der Waals surface area contributed by atoms with Gasteiger partial charge in [-0.2, -0.15) is 0 Å². The topological polar surface area (TPSA) is 93.1 Å². The number of ether oxygens (including phenoxy) is 2. The zero-order valence-corrected chi connectivity index (χ0v) is 17.1. The molecule has 0 bridgehead atoms. The number of carbonyl (C=O) groups excluding carboxylic acids is 1. The zero-order chi connectivity index (χ0) is 22.2. The molecule has 1 unspecified atom stereocenters. The highest BCUT2D eigenvalue weighted by Gasteiger charge is 2.29. The van der Waals surface area contributed by atoms with Crippen LogP contribution in [0.2, 0.25) is 0 Å². The van der Waals surface area contributed by atoms with Gasteiger partial charge >= 0.3 is 11.9 Å². The maximum Gasteiger partial charge on any atom is 0.320 e. The molecule has 0 amide bonds. The molecule has 6 heteroatoms. The van der Waals surface area contributed by atoms with Crippen molar-refractivity contribution in [2.24, 2.45) is 5.92 Å². The highest BCUT2D eigenvalue weighted by Crippen LogP contribution is 2.28. The fourth-order valence-electron chi connectivity index (χ4n) is 3.39. The lowest BCUT2D eigenvalue weighted by Gasteiger charge is -2.20. The van der Waals surface area contributed by atoms with Crippen LogP contribution in [0.1, 0.15) is 22.6 Å². The SMILES string of the molecule is COc1ccc(CC(C(=O)O)C(=O)OCC(c2ccccc2)c2ccccc2)cc1O. The molecule has 6 nitrogen and oxygen atoms in total. The van der Waals surface area contributed by atoms with E-state index in [0.29, 0.717) is 5.56 Å². The van der Waals surface area contributed by atoms with Gasteiger partial charge in [-0.05, 0) is 35.2 Å². The van der Waals surface area contributed by atoms with E-state index in [-0.39, 0.29) is 30.4 Å². The Morgan fingerprint density at radius 3 is 1.97 bits per heavy atom. The number of hydrogen-bond donors (Lipinski definition) is 2. The van der Waals surface area contributed by atoms with Gasteiger partial charge in [0.05, 0.1) is 7.11 Å². The van der Waals surface area contributed by atoms with Gasteiger partial charge in [-0.25, -0.2) is 0 Å². The normalized spacial score (nSPS) is 11.7. The summed E-state index contributed by atoms with van der Waals surface area (Å²) in [5.74, 6) is -3.56. The van der Waals surface area contributed by atoms with Crippen molar-refractivity contribution in [2.75, 3.05) is 13.7 Å². The lowest BCUT2D eigenvalue weighted by Crippen LogP contribution is -2.29. The second-order valence-corrected chi connectivity index (χ2v) is 7.11. The summed E-state index contributed by atoms with van der Waals surface area (Å²) in [6.45, 7) is 0.0184. The smallest absolute Gasteiger partial charge is 0.320 e. The Balaban J connectivity index is 1.75. The van der Waals surface area contributed by atoms with Crippen LogP contribution in [0, 0.1) is 5.92 Å². The molecule has 0 aromatic heterocycles. The first-order chi connectivity index (χ1) is 15.0. The number of aromatic hydroxyl groups is 1. The lowest BCUT2D eigenvalue weighted by molar-refractivity contribution is -0.158. The van der Waals surface area contributed by atoms with Gasteiger partial charge in [0.25, 0.3) is 0 Å². The van der Waals surface area contributed by atoms with Crippen LogP contribution in [-0.4, -0.2) is 35.9 Å². The Morgan fingerprint density at radius 2 is 1.48 bits per heavy atom. The molecular formula is C25H24O6. The Labute approximate surface area is 180 Å². The van der Waals surface area contributed by atoms with E-state index in [4.69, 9.17) is 9.47 Å². The summed E-state index contributed by atoms with van der Waals surface area (Å²) in [5.41, 5.74) is 2.42. The molecule has 0 heterocycles. The molecule has 0 saturated heterocycles. The fraction of sp³-hybridized carbons (Fsp3) is 0.200. The predicted molar refractivity (Wildman–Crippen MR) is 115 cm³/mol. The molecule has 31 heavy (non-hydrogen) atoms. The van der Waals surface area contributed by atoms with Gasteiger partial charge in [0, 0.05) is 5.92 Å². The summed E-state index contributed by atoms with van der Waals surface area (Å²) in [6, 6.07) is 23.7. The molecule has 3 aromatic rings. The predicted octanol–water partition coefficient (Wildman–Crippen LogP) is 4.02. The molecule has 0 radical (unpaired) electrons. The maximum atomic E-state index is 12.7. The summed E-state index contributed by atoms with van der Waals surface area (Å²) in [7, 11) is 1.42. The number of esters is 1. The summed E-state index contributed by atoms with van der Waals surface area (Å²) < 4.78 is 10.5. The van der Waals surface area contributed by atoms with Gasteiger partial charge < -0.3 is 19.7 Å². The van der Waals surface area contributed by atoms with Gasteiger partial charge in [-0.1, -0.05) is 66.7 Å². The van der Waals surface area contributed by atoms with Crippen molar-refractivity contribution >= 4 is 11.9 Å². The molecule has 0 aliphatic carbocycles. The van der Waals surface area contributed by atoms with Crippen LogP contribution in [0.3, 0.4) is 0 Å². The maximum absolute atomic E-state index is 12.7. The fourth-order valence-corrected chi connectivity index (χ4v) is 3.39. The van der Waals surface area contributed by atoms with Crippen LogP contribution < -0.4 is 4.74 Å². The minimum Gasteiger partial charge on any atom is -0.504 e. The molecule has 0 saturated carbocycles. The minimum absolute atomic E-state index is 0.0184.